The quantitative estimate of drug-likeness (QED) is 0.928. The highest BCUT2D eigenvalue weighted by atomic mass is 32.2. The van der Waals surface area contributed by atoms with Gasteiger partial charge in [-0.1, -0.05) is 12.5 Å². The summed E-state index contributed by atoms with van der Waals surface area (Å²) in [6, 6.07) is 2.28. The maximum Gasteiger partial charge on any atom is 0.150 e. The maximum atomic E-state index is 11.9. The van der Waals surface area contributed by atoms with Gasteiger partial charge >= 0.3 is 0 Å². The van der Waals surface area contributed by atoms with Crippen LogP contribution in [0.5, 0.6) is 0 Å². The average Bonchev–Trinajstić information content (AvgIpc) is 2.41. The molecule has 1 aliphatic rings. The van der Waals surface area contributed by atoms with E-state index in [2.05, 4.69) is 23.3 Å². The lowest BCUT2D eigenvalue weighted by Gasteiger charge is -2.34. The van der Waals surface area contributed by atoms with Crippen molar-refractivity contribution in [3.63, 3.8) is 0 Å². The predicted octanol–water partition coefficient (Wildman–Crippen LogP) is 2.56. The lowest BCUT2D eigenvalue weighted by Crippen LogP contribution is -2.35. The van der Waals surface area contributed by atoms with Crippen LogP contribution < -0.4 is 5.32 Å². The van der Waals surface area contributed by atoms with Crippen molar-refractivity contribution in [1.29, 1.82) is 0 Å². The molecule has 4 nitrogen and oxygen atoms in total. The average molecular weight is 310 g/mol. The largest absolute Gasteiger partial charge is 0.311 e. The number of hydrogen-bond acceptors (Lipinski definition) is 4. The minimum atomic E-state index is -2.95. The molecule has 0 aliphatic heterocycles. The van der Waals surface area contributed by atoms with Gasteiger partial charge in [-0.15, -0.1) is 0 Å². The zero-order chi connectivity index (χ0) is 15.6. The third-order valence-corrected chi connectivity index (χ3v) is 6.24. The van der Waals surface area contributed by atoms with Crippen LogP contribution in [0.15, 0.2) is 12.3 Å². The number of rotatable bonds is 4. The van der Waals surface area contributed by atoms with Crippen LogP contribution in [0.25, 0.3) is 0 Å². The maximum absolute atomic E-state index is 11.9. The molecule has 1 heterocycles. The molecule has 0 amide bonds. The molecule has 1 aromatic rings. The minimum Gasteiger partial charge on any atom is -0.311 e. The van der Waals surface area contributed by atoms with Gasteiger partial charge in [0.1, 0.15) is 9.84 Å². The standard InChI is InChI=1S/C16H26N2O2S/c1-11-8-12(2)15(18-10-11)16(17-3)13-6-5-7-14(9-13)21(4,19)20/h8,10,13-14,16-17H,5-7,9H2,1-4H3. The van der Waals surface area contributed by atoms with E-state index < -0.39 is 9.84 Å². The molecular weight excluding hydrogens is 284 g/mol. The Labute approximate surface area is 128 Å². The first kappa shape index (κ1) is 16.4. The normalized spacial score (nSPS) is 24.8. The Hall–Kier alpha value is -0.940. The van der Waals surface area contributed by atoms with Crippen LogP contribution in [0, 0.1) is 19.8 Å². The highest BCUT2D eigenvalue weighted by Gasteiger charge is 2.34. The van der Waals surface area contributed by atoms with Crippen LogP contribution in [0.3, 0.4) is 0 Å². The summed E-state index contributed by atoms with van der Waals surface area (Å²) in [5, 5.41) is 3.17. The summed E-state index contributed by atoms with van der Waals surface area (Å²) in [6.45, 7) is 4.12. The number of nitrogens with one attached hydrogen (secondary N) is 1. The third kappa shape index (κ3) is 3.83. The number of hydrogen-bond donors (Lipinski definition) is 1. The Bertz CT molecular complexity index is 598. The second-order valence-corrected chi connectivity index (χ2v) is 8.69. The Morgan fingerprint density at radius 1 is 1.33 bits per heavy atom. The van der Waals surface area contributed by atoms with E-state index in [0.29, 0.717) is 5.92 Å². The van der Waals surface area contributed by atoms with Crippen molar-refractivity contribution in [1.82, 2.24) is 10.3 Å². The molecule has 3 unspecified atom stereocenters. The van der Waals surface area contributed by atoms with E-state index in [1.807, 2.05) is 20.2 Å². The van der Waals surface area contributed by atoms with Gasteiger partial charge in [0.2, 0.25) is 0 Å². The van der Waals surface area contributed by atoms with E-state index in [0.717, 1.165) is 36.9 Å². The first-order chi connectivity index (χ1) is 9.82. The third-order valence-electron chi connectivity index (χ3n) is 4.60. The second kappa shape index (κ2) is 6.44. The van der Waals surface area contributed by atoms with E-state index in [4.69, 9.17) is 0 Å². The molecule has 0 saturated heterocycles. The molecular formula is C16H26N2O2S. The number of nitrogens with zero attached hydrogens (tertiary/aromatic N) is 1. The van der Waals surface area contributed by atoms with Gasteiger partial charge in [-0.05, 0) is 57.2 Å². The molecule has 1 aromatic heterocycles. The molecule has 0 bridgehead atoms. The smallest absolute Gasteiger partial charge is 0.150 e. The molecule has 3 atom stereocenters. The Morgan fingerprint density at radius 2 is 2.05 bits per heavy atom. The number of sulfone groups is 1. The van der Waals surface area contributed by atoms with E-state index in [1.165, 1.54) is 11.8 Å². The molecule has 1 aliphatic carbocycles. The molecule has 0 spiro atoms. The van der Waals surface area contributed by atoms with Crippen LogP contribution in [0.2, 0.25) is 0 Å². The van der Waals surface area contributed by atoms with Gasteiger partial charge in [-0.3, -0.25) is 4.98 Å². The molecule has 1 fully saturated rings. The molecule has 1 N–H and O–H groups in total. The van der Waals surface area contributed by atoms with Crippen molar-refractivity contribution >= 4 is 9.84 Å². The van der Waals surface area contributed by atoms with E-state index in [-0.39, 0.29) is 11.3 Å². The molecule has 0 aromatic carbocycles. The summed E-state index contributed by atoms with van der Waals surface area (Å²) in [7, 11) is -1.01. The van der Waals surface area contributed by atoms with E-state index >= 15 is 0 Å². The van der Waals surface area contributed by atoms with Crippen LogP contribution in [0.4, 0.5) is 0 Å². The van der Waals surface area contributed by atoms with Gasteiger partial charge in [0.15, 0.2) is 0 Å². The highest BCUT2D eigenvalue weighted by molar-refractivity contribution is 7.91. The van der Waals surface area contributed by atoms with Crippen LogP contribution in [-0.2, 0) is 9.84 Å². The number of aryl methyl sites for hydroxylation is 2. The molecule has 0 radical (unpaired) electrons. The Balaban J connectivity index is 2.24. The molecule has 21 heavy (non-hydrogen) atoms. The van der Waals surface area contributed by atoms with Gasteiger partial charge in [0, 0.05) is 12.5 Å². The van der Waals surface area contributed by atoms with Crippen molar-refractivity contribution in [2.24, 2.45) is 5.92 Å². The van der Waals surface area contributed by atoms with Crippen molar-refractivity contribution < 1.29 is 8.42 Å². The van der Waals surface area contributed by atoms with Gasteiger partial charge in [-0.25, -0.2) is 8.42 Å². The van der Waals surface area contributed by atoms with Crippen LogP contribution in [0.1, 0.15) is 48.5 Å². The highest BCUT2D eigenvalue weighted by Crippen LogP contribution is 2.37. The zero-order valence-electron chi connectivity index (χ0n) is 13.4. The van der Waals surface area contributed by atoms with Crippen molar-refractivity contribution in [2.75, 3.05) is 13.3 Å². The molecule has 2 rings (SSSR count). The summed E-state index contributed by atoms with van der Waals surface area (Å²) < 4.78 is 23.7. The fourth-order valence-corrected chi connectivity index (χ4v) is 4.71. The van der Waals surface area contributed by atoms with Crippen molar-refractivity contribution in [2.45, 2.75) is 50.8 Å². The molecule has 1 saturated carbocycles. The van der Waals surface area contributed by atoms with Gasteiger partial charge in [-0.2, -0.15) is 0 Å². The van der Waals surface area contributed by atoms with E-state index in [9.17, 15) is 8.42 Å². The van der Waals surface area contributed by atoms with E-state index in [1.54, 1.807) is 0 Å². The first-order valence-electron chi connectivity index (χ1n) is 7.62. The fourth-order valence-electron chi connectivity index (χ4n) is 3.52. The van der Waals surface area contributed by atoms with Crippen LogP contribution >= 0.6 is 0 Å². The Morgan fingerprint density at radius 3 is 2.62 bits per heavy atom. The van der Waals surface area contributed by atoms with Gasteiger partial charge < -0.3 is 5.32 Å². The first-order valence-corrected chi connectivity index (χ1v) is 9.57. The van der Waals surface area contributed by atoms with Crippen LogP contribution in [-0.4, -0.2) is 32.0 Å². The summed E-state index contributed by atoms with van der Waals surface area (Å²) in [4.78, 5) is 4.60. The zero-order valence-corrected chi connectivity index (χ0v) is 14.2. The number of aromatic nitrogens is 1. The minimum absolute atomic E-state index is 0.134. The van der Waals surface area contributed by atoms with Crippen molar-refractivity contribution in [3.8, 4) is 0 Å². The molecule has 118 valence electrons. The molecule has 5 heteroatoms. The lowest BCUT2D eigenvalue weighted by molar-refractivity contribution is 0.278. The van der Waals surface area contributed by atoms with Gasteiger partial charge in [0.25, 0.3) is 0 Å². The number of pyridine rings is 1. The second-order valence-electron chi connectivity index (χ2n) is 6.36. The lowest BCUT2D eigenvalue weighted by atomic mass is 9.81. The summed E-state index contributed by atoms with van der Waals surface area (Å²) in [6.07, 6.45) is 6.83. The van der Waals surface area contributed by atoms with Crippen molar-refractivity contribution in [3.05, 3.63) is 29.1 Å². The topological polar surface area (TPSA) is 59.1 Å². The monoisotopic (exact) mass is 310 g/mol. The fraction of sp³-hybridized carbons (Fsp3) is 0.688. The SMILES string of the molecule is CNC(c1ncc(C)cc1C)C1CCCC(S(C)(=O)=O)C1. The summed E-state index contributed by atoms with van der Waals surface area (Å²) >= 11 is 0. The predicted molar refractivity (Wildman–Crippen MR) is 86.1 cm³/mol. The summed E-state index contributed by atoms with van der Waals surface area (Å²) in [5.41, 5.74) is 3.39. The summed E-state index contributed by atoms with van der Waals surface area (Å²) in [5.74, 6) is 0.331. The Kier molecular flexibility index (Phi) is 5.04. The van der Waals surface area contributed by atoms with Gasteiger partial charge in [0.05, 0.1) is 17.0 Å².